The number of ketones is 1. The number of carbonyl (C=O) groups excluding carboxylic acids is 2. The van der Waals surface area contributed by atoms with Crippen molar-refractivity contribution in [2.24, 2.45) is 16.7 Å². The van der Waals surface area contributed by atoms with Crippen LogP contribution in [0, 0.1) is 16.7 Å². The normalized spacial score (nSPS) is 40.2. The number of hydrogen-bond acceptors (Lipinski definition) is 3. The predicted molar refractivity (Wildman–Crippen MR) is 59.8 cm³/mol. The molecule has 2 aliphatic rings. The van der Waals surface area contributed by atoms with Crippen LogP contribution in [0.5, 0.6) is 0 Å². The Morgan fingerprint density at radius 2 is 1.81 bits per heavy atom. The second kappa shape index (κ2) is 2.88. The zero-order chi connectivity index (χ0) is 12.4. The maximum absolute atomic E-state index is 12.4. The number of hydrogen-bond donors (Lipinski definition) is 0. The lowest BCUT2D eigenvalue weighted by Crippen LogP contribution is -2.49. The Bertz CT molecular complexity index is 369. The van der Waals surface area contributed by atoms with Crippen LogP contribution < -0.4 is 0 Å². The smallest absolute Gasteiger partial charge is 0.313 e. The first-order chi connectivity index (χ1) is 7.19. The van der Waals surface area contributed by atoms with Gasteiger partial charge in [-0.15, -0.1) is 0 Å². The molecule has 0 aromatic carbocycles. The summed E-state index contributed by atoms with van der Waals surface area (Å²) in [6.07, 6.45) is 1.44. The van der Waals surface area contributed by atoms with E-state index in [2.05, 4.69) is 0 Å². The summed E-state index contributed by atoms with van der Waals surface area (Å²) in [6.45, 7) is 9.65. The number of fused-ring (bicyclic) bond motifs is 2. The summed E-state index contributed by atoms with van der Waals surface area (Å²) >= 11 is 0. The molecule has 0 aromatic rings. The molecule has 90 valence electrons. The summed E-state index contributed by atoms with van der Waals surface area (Å²) in [4.78, 5) is 24.3. The van der Waals surface area contributed by atoms with Gasteiger partial charge in [0.1, 0.15) is 0 Å². The molecule has 1 heterocycles. The first kappa shape index (κ1) is 11.6. The van der Waals surface area contributed by atoms with Crippen LogP contribution in [-0.4, -0.2) is 17.4 Å². The maximum atomic E-state index is 12.4. The Labute approximate surface area is 96.5 Å². The minimum absolute atomic E-state index is 0.0760. The van der Waals surface area contributed by atoms with E-state index in [4.69, 9.17) is 4.74 Å². The molecule has 0 N–H and O–H groups in total. The summed E-state index contributed by atoms with van der Waals surface area (Å²) in [5, 5.41) is 0. The summed E-state index contributed by atoms with van der Waals surface area (Å²) < 4.78 is 5.50. The highest BCUT2D eigenvalue weighted by atomic mass is 16.6. The Morgan fingerprint density at radius 3 is 2.12 bits per heavy atom. The molecule has 0 radical (unpaired) electrons. The quantitative estimate of drug-likeness (QED) is 0.676. The van der Waals surface area contributed by atoms with E-state index < -0.39 is 16.4 Å². The molecular formula is C13H20O3. The molecule has 1 saturated heterocycles. The molecule has 3 nitrogen and oxygen atoms in total. The van der Waals surface area contributed by atoms with Gasteiger partial charge in [-0.2, -0.15) is 0 Å². The van der Waals surface area contributed by atoms with E-state index in [0.717, 1.165) is 6.42 Å². The zero-order valence-electron chi connectivity index (χ0n) is 10.7. The second-order valence-corrected chi connectivity index (χ2v) is 6.19. The Morgan fingerprint density at radius 1 is 1.25 bits per heavy atom. The van der Waals surface area contributed by atoms with Gasteiger partial charge in [0.2, 0.25) is 0 Å². The van der Waals surface area contributed by atoms with Crippen molar-refractivity contribution in [2.75, 3.05) is 0 Å². The summed E-state index contributed by atoms with van der Waals surface area (Å²) in [5.41, 5.74) is -1.75. The Hall–Kier alpha value is -0.860. The second-order valence-electron chi connectivity index (χ2n) is 6.19. The molecule has 0 spiro atoms. The van der Waals surface area contributed by atoms with E-state index in [1.54, 1.807) is 0 Å². The van der Waals surface area contributed by atoms with Gasteiger partial charge in [0, 0.05) is 11.3 Å². The van der Waals surface area contributed by atoms with Gasteiger partial charge in [0.25, 0.3) is 0 Å². The molecule has 3 heteroatoms. The fourth-order valence-corrected chi connectivity index (χ4v) is 3.25. The van der Waals surface area contributed by atoms with Gasteiger partial charge < -0.3 is 4.74 Å². The first-order valence-electron chi connectivity index (χ1n) is 5.97. The average Bonchev–Trinajstić information content (AvgIpc) is 2.46. The largest absolute Gasteiger partial charge is 0.450 e. The van der Waals surface area contributed by atoms with Gasteiger partial charge in [-0.05, 0) is 19.8 Å². The Kier molecular flexibility index (Phi) is 2.09. The van der Waals surface area contributed by atoms with E-state index in [1.165, 1.54) is 0 Å². The van der Waals surface area contributed by atoms with Crippen molar-refractivity contribution in [1.29, 1.82) is 0 Å². The van der Waals surface area contributed by atoms with E-state index in [9.17, 15) is 9.59 Å². The molecule has 0 amide bonds. The number of ether oxygens (including phenoxy) is 1. The zero-order valence-corrected chi connectivity index (χ0v) is 10.7. The van der Waals surface area contributed by atoms with Crippen molar-refractivity contribution in [3.63, 3.8) is 0 Å². The molecule has 1 aliphatic heterocycles. The minimum atomic E-state index is -0.868. The number of carbonyl (C=O) groups is 2. The molecular weight excluding hydrogens is 204 g/mol. The van der Waals surface area contributed by atoms with Crippen molar-refractivity contribution in [3.8, 4) is 0 Å². The van der Waals surface area contributed by atoms with E-state index in [-0.39, 0.29) is 17.7 Å². The monoisotopic (exact) mass is 224 g/mol. The molecule has 2 atom stereocenters. The van der Waals surface area contributed by atoms with Gasteiger partial charge in [0.05, 0.1) is 5.41 Å². The van der Waals surface area contributed by atoms with Crippen molar-refractivity contribution in [2.45, 2.75) is 53.1 Å². The fraction of sp³-hybridized carbons (Fsp3) is 0.846. The van der Waals surface area contributed by atoms with Crippen LogP contribution in [0.4, 0.5) is 0 Å². The summed E-state index contributed by atoms with van der Waals surface area (Å²) in [6, 6.07) is 0. The summed E-state index contributed by atoms with van der Waals surface area (Å²) in [5.74, 6) is -0.211. The van der Waals surface area contributed by atoms with Gasteiger partial charge in [0.15, 0.2) is 11.4 Å². The highest BCUT2D eigenvalue weighted by molar-refractivity contribution is 5.98. The van der Waals surface area contributed by atoms with Crippen LogP contribution in [0.2, 0.25) is 0 Å². The number of Topliss-reactive ketones (excluding diaryl/α,β-unsaturated/α-hetero) is 1. The third-order valence-corrected chi connectivity index (χ3v) is 5.01. The number of rotatable bonds is 2. The lowest BCUT2D eigenvalue weighted by molar-refractivity contribution is -0.168. The Balaban J connectivity index is 2.52. The van der Waals surface area contributed by atoms with Crippen LogP contribution in [0.15, 0.2) is 0 Å². The molecule has 2 rings (SSSR count). The van der Waals surface area contributed by atoms with Crippen LogP contribution >= 0.6 is 0 Å². The average molecular weight is 224 g/mol. The summed E-state index contributed by atoms with van der Waals surface area (Å²) in [7, 11) is 0. The van der Waals surface area contributed by atoms with Crippen LogP contribution in [-0.2, 0) is 14.3 Å². The molecule has 16 heavy (non-hydrogen) atoms. The van der Waals surface area contributed by atoms with Crippen LogP contribution in [0.25, 0.3) is 0 Å². The SMILES string of the molecule is CC(C)C(=O)[C@]12CC[C@@](C)(C(=O)O1)C2(C)C. The predicted octanol–water partition coefficient (Wildman–Crippen LogP) is 2.33. The number of esters is 1. The third kappa shape index (κ3) is 0.950. The molecule has 0 aromatic heterocycles. The van der Waals surface area contributed by atoms with Crippen LogP contribution in [0.3, 0.4) is 0 Å². The molecule has 1 saturated carbocycles. The minimum Gasteiger partial charge on any atom is -0.450 e. The topological polar surface area (TPSA) is 43.4 Å². The van der Waals surface area contributed by atoms with Crippen molar-refractivity contribution < 1.29 is 14.3 Å². The van der Waals surface area contributed by atoms with Crippen molar-refractivity contribution in [3.05, 3.63) is 0 Å². The van der Waals surface area contributed by atoms with E-state index in [1.807, 2.05) is 34.6 Å². The van der Waals surface area contributed by atoms with E-state index >= 15 is 0 Å². The van der Waals surface area contributed by atoms with Gasteiger partial charge in [-0.3, -0.25) is 9.59 Å². The van der Waals surface area contributed by atoms with Crippen molar-refractivity contribution >= 4 is 11.8 Å². The van der Waals surface area contributed by atoms with E-state index in [0.29, 0.717) is 6.42 Å². The van der Waals surface area contributed by atoms with Crippen LogP contribution in [0.1, 0.15) is 47.5 Å². The van der Waals surface area contributed by atoms with Gasteiger partial charge in [-0.1, -0.05) is 27.7 Å². The lowest BCUT2D eigenvalue weighted by atomic mass is 9.64. The lowest BCUT2D eigenvalue weighted by Gasteiger charge is -2.36. The van der Waals surface area contributed by atoms with Crippen molar-refractivity contribution in [1.82, 2.24) is 0 Å². The maximum Gasteiger partial charge on any atom is 0.313 e. The molecule has 0 unspecified atom stereocenters. The molecule has 1 aliphatic carbocycles. The highest BCUT2D eigenvalue weighted by Crippen LogP contribution is 2.66. The molecule has 2 bridgehead atoms. The first-order valence-corrected chi connectivity index (χ1v) is 5.97. The highest BCUT2D eigenvalue weighted by Gasteiger charge is 2.75. The van der Waals surface area contributed by atoms with Gasteiger partial charge in [-0.25, -0.2) is 0 Å². The fourth-order valence-electron chi connectivity index (χ4n) is 3.25. The standard InChI is InChI=1S/C13H20O3/c1-8(2)9(14)13-7-6-12(5,10(15)16-13)11(13,3)4/h8H,6-7H2,1-5H3/t12-,13-/m0/s1. The molecule has 2 fully saturated rings. The third-order valence-electron chi connectivity index (χ3n) is 5.01. The van der Waals surface area contributed by atoms with Gasteiger partial charge >= 0.3 is 5.97 Å².